The summed E-state index contributed by atoms with van der Waals surface area (Å²) in [6.45, 7) is 9.61. The van der Waals surface area contributed by atoms with Gasteiger partial charge in [-0.2, -0.15) is 0 Å². The maximum atomic E-state index is 12.6. The average Bonchev–Trinajstić information content (AvgIpc) is 2.66. The molecule has 0 atom stereocenters. The molecule has 1 aromatic rings. The van der Waals surface area contributed by atoms with Crippen molar-refractivity contribution in [3.8, 4) is 0 Å². The van der Waals surface area contributed by atoms with E-state index in [-0.39, 0.29) is 0 Å². The Labute approximate surface area is 190 Å². The zero-order valence-electron chi connectivity index (χ0n) is 18.5. The van der Waals surface area contributed by atoms with Crippen LogP contribution in [0.3, 0.4) is 0 Å². The van der Waals surface area contributed by atoms with E-state index < -0.39 is 11.9 Å². The second-order valence-electron chi connectivity index (χ2n) is 8.42. The van der Waals surface area contributed by atoms with Crippen molar-refractivity contribution in [1.82, 2.24) is 0 Å². The smallest absolute Gasteiger partial charge is 0.340 e. The van der Waals surface area contributed by atoms with Gasteiger partial charge in [0.1, 0.15) is 0 Å². The van der Waals surface area contributed by atoms with Crippen molar-refractivity contribution in [2.24, 2.45) is 11.8 Å². The molecule has 0 aliphatic rings. The van der Waals surface area contributed by atoms with Gasteiger partial charge in [0.15, 0.2) is 0 Å². The van der Waals surface area contributed by atoms with Crippen LogP contribution in [-0.2, 0) is 9.47 Å². The van der Waals surface area contributed by atoms with Crippen molar-refractivity contribution in [1.29, 1.82) is 0 Å². The van der Waals surface area contributed by atoms with Crippen molar-refractivity contribution in [3.63, 3.8) is 0 Å². The number of benzene rings is 1. The molecule has 0 saturated heterocycles. The largest absolute Gasteiger partial charge is 0.462 e. The van der Waals surface area contributed by atoms with Gasteiger partial charge in [-0.1, -0.05) is 72.3 Å². The summed E-state index contributed by atoms with van der Waals surface area (Å²) in [4.78, 5) is 25.1. The number of unbranched alkanes of at least 4 members (excludes halogenated alkanes) is 4. The van der Waals surface area contributed by atoms with Crippen molar-refractivity contribution in [2.75, 3.05) is 13.2 Å². The van der Waals surface area contributed by atoms with E-state index in [9.17, 15) is 9.59 Å². The molecule has 5 heteroatoms. The quantitative estimate of drug-likeness (QED) is 0.151. The molecule has 0 fully saturated rings. The molecule has 164 valence electrons. The highest BCUT2D eigenvalue weighted by Crippen LogP contribution is 2.20. The van der Waals surface area contributed by atoms with Gasteiger partial charge >= 0.3 is 11.9 Å². The van der Waals surface area contributed by atoms with Crippen LogP contribution in [0.2, 0.25) is 0 Å². The third-order valence-electron chi connectivity index (χ3n) is 4.76. The van der Waals surface area contributed by atoms with Crippen LogP contribution in [-0.4, -0.2) is 25.2 Å². The van der Waals surface area contributed by atoms with Crippen molar-refractivity contribution in [2.45, 2.75) is 79.1 Å². The number of ether oxygens (including phenoxy) is 2. The first-order valence-corrected chi connectivity index (χ1v) is 12.0. The summed E-state index contributed by atoms with van der Waals surface area (Å²) in [5.74, 6) is 0.513. The molecule has 4 nitrogen and oxygen atoms in total. The number of hydrogen-bond donors (Lipinski definition) is 0. The fourth-order valence-corrected chi connectivity index (χ4v) is 3.76. The number of carbonyl (C=O) groups excluding carboxylic acids is 2. The van der Waals surface area contributed by atoms with Gasteiger partial charge in [-0.05, 0) is 59.4 Å². The number of carbonyl (C=O) groups is 2. The number of esters is 2. The molecular formula is C24H37IO4. The molecule has 1 rings (SSSR count). The summed E-state index contributed by atoms with van der Waals surface area (Å²) in [7, 11) is 0. The van der Waals surface area contributed by atoms with Crippen LogP contribution in [0.15, 0.2) is 18.2 Å². The predicted octanol–water partition coefficient (Wildman–Crippen LogP) is 7.04. The van der Waals surface area contributed by atoms with Gasteiger partial charge in [0.2, 0.25) is 0 Å². The predicted molar refractivity (Wildman–Crippen MR) is 126 cm³/mol. The van der Waals surface area contributed by atoms with Crippen LogP contribution < -0.4 is 0 Å². The number of hydrogen-bond acceptors (Lipinski definition) is 4. The molecule has 0 amide bonds. The maximum absolute atomic E-state index is 12.6. The highest BCUT2D eigenvalue weighted by Gasteiger charge is 2.22. The first-order chi connectivity index (χ1) is 13.8. The Morgan fingerprint density at radius 2 is 1.31 bits per heavy atom. The second-order valence-corrected chi connectivity index (χ2v) is 9.58. The molecule has 0 aromatic heterocycles. The lowest BCUT2D eigenvalue weighted by atomic mass is 10.1. The zero-order chi connectivity index (χ0) is 21.6. The minimum absolute atomic E-state index is 0.295. The minimum atomic E-state index is -0.448. The molecule has 0 radical (unpaired) electrons. The molecular weight excluding hydrogens is 479 g/mol. The van der Waals surface area contributed by atoms with Gasteiger partial charge in [0.25, 0.3) is 0 Å². The molecule has 0 spiro atoms. The molecule has 0 bridgehead atoms. The highest BCUT2D eigenvalue weighted by molar-refractivity contribution is 14.1. The summed E-state index contributed by atoms with van der Waals surface area (Å²) < 4.78 is 11.6. The summed E-state index contributed by atoms with van der Waals surface area (Å²) in [5, 5.41) is 0. The highest BCUT2D eigenvalue weighted by atomic mass is 127. The Hall–Kier alpha value is -1.11. The molecule has 1 aromatic carbocycles. The first-order valence-electron chi connectivity index (χ1n) is 11.0. The topological polar surface area (TPSA) is 52.6 Å². The lowest BCUT2D eigenvalue weighted by molar-refractivity contribution is 0.0449. The van der Waals surface area contributed by atoms with Crippen molar-refractivity contribution in [3.05, 3.63) is 32.9 Å². The van der Waals surface area contributed by atoms with Gasteiger partial charge in [0.05, 0.1) is 24.3 Å². The Bertz CT molecular complexity index is 625. The van der Waals surface area contributed by atoms with Gasteiger partial charge in [-0.3, -0.25) is 0 Å². The van der Waals surface area contributed by atoms with Gasteiger partial charge in [0, 0.05) is 3.57 Å². The first kappa shape index (κ1) is 25.9. The van der Waals surface area contributed by atoms with Crippen LogP contribution in [0.5, 0.6) is 0 Å². The summed E-state index contributed by atoms with van der Waals surface area (Å²) in [6, 6.07) is 5.22. The summed E-state index contributed by atoms with van der Waals surface area (Å²) in [6.07, 6.45) is 8.46. The third-order valence-corrected chi connectivity index (χ3v) is 5.65. The summed E-state index contributed by atoms with van der Waals surface area (Å²) in [5.41, 5.74) is 0.615. The molecule has 0 heterocycles. The molecule has 0 aliphatic carbocycles. The Balaban J connectivity index is 2.50. The van der Waals surface area contributed by atoms with Crippen LogP contribution >= 0.6 is 22.6 Å². The second kappa shape index (κ2) is 14.8. The monoisotopic (exact) mass is 516 g/mol. The normalized spacial score (nSPS) is 11.1. The van der Waals surface area contributed by atoms with E-state index in [1.54, 1.807) is 12.1 Å². The van der Waals surface area contributed by atoms with E-state index in [1.807, 2.05) is 6.07 Å². The SMILES string of the molecule is CC(C)CCCCCOC(=O)c1cccc(I)c1C(=O)OCCCCCC(C)C. The van der Waals surface area contributed by atoms with Crippen LogP contribution in [0.25, 0.3) is 0 Å². The van der Waals surface area contributed by atoms with E-state index in [0.29, 0.717) is 39.7 Å². The van der Waals surface area contributed by atoms with Crippen molar-refractivity contribution >= 4 is 34.5 Å². The van der Waals surface area contributed by atoms with Crippen LogP contribution in [0.1, 0.15) is 99.8 Å². The molecule has 29 heavy (non-hydrogen) atoms. The van der Waals surface area contributed by atoms with Gasteiger partial charge in [-0.25, -0.2) is 9.59 Å². The fourth-order valence-electron chi connectivity index (χ4n) is 3.04. The van der Waals surface area contributed by atoms with Crippen LogP contribution in [0.4, 0.5) is 0 Å². The Morgan fingerprint density at radius 1 is 0.793 bits per heavy atom. The van der Waals surface area contributed by atoms with E-state index in [2.05, 4.69) is 50.3 Å². The van der Waals surface area contributed by atoms with E-state index in [1.165, 1.54) is 12.8 Å². The standard InChI is InChI=1S/C24H37IO4/c1-18(2)12-7-5-9-16-28-23(26)20-14-11-15-21(25)22(20)24(27)29-17-10-6-8-13-19(3)4/h11,14-15,18-19H,5-10,12-13,16-17H2,1-4H3. The van der Waals surface area contributed by atoms with Crippen LogP contribution in [0, 0.1) is 15.4 Å². The average molecular weight is 516 g/mol. The Kier molecular flexibility index (Phi) is 13.2. The third kappa shape index (κ3) is 11.0. The fraction of sp³-hybridized carbons (Fsp3) is 0.667. The number of halogens is 1. The Morgan fingerprint density at radius 3 is 1.83 bits per heavy atom. The zero-order valence-corrected chi connectivity index (χ0v) is 20.6. The van der Waals surface area contributed by atoms with E-state index in [0.717, 1.165) is 38.5 Å². The molecule has 0 saturated carbocycles. The molecule has 0 unspecified atom stereocenters. The van der Waals surface area contributed by atoms with E-state index in [4.69, 9.17) is 9.47 Å². The maximum Gasteiger partial charge on any atom is 0.340 e. The van der Waals surface area contributed by atoms with Crippen molar-refractivity contribution < 1.29 is 19.1 Å². The van der Waals surface area contributed by atoms with Gasteiger partial charge < -0.3 is 9.47 Å². The molecule has 0 N–H and O–H groups in total. The van der Waals surface area contributed by atoms with Gasteiger partial charge in [-0.15, -0.1) is 0 Å². The lowest BCUT2D eigenvalue weighted by Crippen LogP contribution is -2.16. The summed E-state index contributed by atoms with van der Waals surface area (Å²) >= 11 is 2.07. The minimum Gasteiger partial charge on any atom is -0.462 e. The molecule has 0 aliphatic heterocycles. The number of rotatable bonds is 14. The van der Waals surface area contributed by atoms with E-state index >= 15 is 0 Å². The lowest BCUT2D eigenvalue weighted by Gasteiger charge is -2.12.